The van der Waals surface area contributed by atoms with Crippen LogP contribution in [0, 0.1) is 0 Å². The lowest BCUT2D eigenvalue weighted by molar-refractivity contribution is -0.159. The third-order valence-corrected chi connectivity index (χ3v) is 5.05. The molecule has 1 aliphatic carbocycles. The van der Waals surface area contributed by atoms with Gasteiger partial charge in [-0.3, -0.25) is 14.4 Å². The Kier molecular flexibility index (Phi) is 8.10. The molecule has 0 radical (unpaired) electrons. The zero-order chi connectivity index (χ0) is 19.8. The first-order chi connectivity index (χ1) is 12.9. The van der Waals surface area contributed by atoms with Crippen molar-refractivity contribution in [3.63, 3.8) is 0 Å². The Bertz CT molecular complexity index is 656. The Balaban J connectivity index is 1.82. The summed E-state index contributed by atoms with van der Waals surface area (Å²) in [6, 6.07) is 6.55. The molecule has 0 unspecified atom stereocenters. The van der Waals surface area contributed by atoms with Gasteiger partial charge in [-0.1, -0.05) is 30.9 Å². The third kappa shape index (κ3) is 6.24. The van der Waals surface area contributed by atoms with E-state index in [9.17, 15) is 14.4 Å². The number of benzene rings is 1. The number of nitrogens with zero attached hydrogens (tertiary/aromatic N) is 1. The van der Waals surface area contributed by atoms with Gasteiger partial charge < -0.3 is 15.0 Å². The van der Waals surface area contributed by atoms with E-state index in [0.29, 0.717) is 17.1 Å². The average molecular weight is 395 g/mol. The van der Waals surface area contributed by atoms with E-state index in [2.05, 4.69) is 5.32 Å². The summed E-state index contributed by atoms with van der Waals surface area (Å²) in [4.78, 5) is 38.5. The van der Waals surface area contributed by atoms with E-state index in [-0.39, 0.29) is 18.5 Å². The molecule has 1 fully saturated rings. The molecule has 0 spiro atoms. The summed E-state index contributed by atoms with van der Waals surface area (Å²) in [7, 11) is 0. The molecule has 1 aliphatic rings. The number of hydrogen-bond donors (Lipinski definition) is 1. The van der Waals surface area contributed by atoms with E-state index in [0.717, 1.165) is 25.7 Å². The van der Waals surface area contributed by atoms with Gasteiger partial charge in [0, 0.05) is 23.2 Å². The maximum Gasteiger partial charge on any atom is 0.326 e. The van der Waals surface area contributed by atoms with Crippen molar-refractivity contribution in [1.82, 2.24) is 10.2 Å². The quantitative estimate of drug-likeness (QED) is 0.720. The molecule has 0 aliphatic heterocycles. The van der Waals surface area contributed by atoms with Crippen molar-refractivity contribution in [3.05, 3.63) is 34.9 Å². The Morgan fingerprint density at radius 1 is 1.19 bits per heavy atom. The van der Waals surface area contributed by atoms with Gasteiger partial charge in [0.2, 0.25) is 0 Å². The number of ether oxygens (including phenoxy) is 1. The van der Waals surface area contributed by atoms with Gasteiger partial charge >= 0.3 is 5.97 Å². The molecule has 1 saturated carbocycles. The van der Waals surface area contributed by atoms with E-state index in [1.807, 2.05) is 11.8 Å². The number of halogens is 1. The largest absolute Gasteiger partial charge is 0.451 e. The van der Waals surface area contributed by atoms with Gasteiger partial charge in [0.05, 0.1) is 0 Å². The molecular formula is C20H27ClN2O4. The van der Waals surface area contributed by atoms with Crippen LogP contribution in [0.1, 0.15) is 56.3 Å². The van der Waals surface area contributed by atoms with Crippen LogP contribution in [0.3, 0.4) is 0 Å². The molecule has 148 valence electrons. The molecule has 27 heavy (non-hydrogen) atoms. The lowest BCUT2D eigenvalue weighted by Gasteiger charge is -2.35. The second kappa shape index (κ2) is 10.3. The minimum absolute atomic E-state index is 0.179. The van der Waals surface area contributed by atoms with Crippen molar-refractivity contribution >= 4 is 29.4 Å². The molecular weight excluding hydrogens is 368 g/mol. The van der Waals surface area contributed by atoms with E-state index in [1.54, 1.807) is 31.2 Å². The van der Waals surface area contributed by atoms with E-state index in [4.69, 9.17) is 16.3 Å². The van der Waals surface area contributed by atoms with Crippen LogP contribution in [0.15, 0.2) is 24.3 Å². The van der Waals surface area contributed by atoms with Crippen molar-refractivity contribution in [1.29, 1.82) is 0 Å². The average Bonchev–Trinajstić information content (AvgIpc) is 2.68. The lowest BCUT2D eigenvalue weighted by atomic mass is 9.94. The third-order valence-electron chi connectivity index (χ3n) is 4.79. The first kappa shape index (κ1) is 21.2. The molecule has 2 rings (SSSR count). The highest BCUT2D eigenvalue weighted by Gasteiger charge is 2.29. The summed E-state index contributed by atoms with van der Waals surface area (Å²) in [5, 5.41) is 3.01. The highest BCUT2D eigenvalue weighted by molar-refractivity contribution is 6.30. The van der Waals surface area contributed by atoms with Crippen LogP contribution >= 0.6 is 11.6 Å². The molecule has 0 heterocycles. The zero-order valence-electron chi connectivity index (χ0n) is 15.9. The van der Waals surface area contributed by atoms with Crippen LogP contribution in [0.5, 0.6) is 0 Å². The van der Waals surface area contributed by atoms with Crippen LogP contribution in [0.4, 0.5) is 0 Å². The van der Waals surface area contributed by atoms with Gasteiger partial charge in [-0.2, -0.15) is 0 Å². The van der Waals surface area contributed by atoms with Crippen LogP contribution in [-0.4, -0.2) is 47.9 Å². The predicted molar refractivity (Wildman–Crippen MR) is 104 cm³/mol. The molecule has 7 heteroatoms. The zero-order valence-corrected chi connectivity index (χ0v) is 16.6. The predicted octanol–water partition coefficient (Wildman–Crippen LogP) is 3.18. The topological polar surface area (TPSA) is 75.7 Å². The standard InChI is InChI=1S/C20H27ClN2O4/c1-3-23(17-7-5-4-6-8-17)20(26)14(2)27-18(24)13-22-19(25)15-9-11-16(21)12-10-15/h9-12,14,17H,3-8,13H2,1-2H3,(H,22,25)/t14-/m1/s1. The molecule has 0 saturated heterocycles. The van der Waals surface area contributed by atoms with E-state index in [1.165, 1.54) is 6.42 Å². The van der Waals surface area contributed by atoms with Crippen LogP contribution in [-0.2, 0) is 14.3 Å². The normalized spacial score (nSPS) is 15.7. The number of hydrogen-bond acceptors (Lipinski definition) is 4. The van der Waals surface area contributed by atoms with Gasteiger partial charge in [-0.15, -0.1) is 0 Å². The number of likely N-dealkylation sites (N-methyl/N-ethyl adjacent to an activating group) is 1. The number of nitrogens with one attached hydrogen (secondary N) is 1. The fraction of sp³-hybridized carbons (Fsp3) is 0.550. The minimum atomic E-state index is -0.869. The summed E-state index contributed by atoms with van der Waals surface area (Å²) < 4.78 is 5.23. The Labute approximate surface area is 165 Å². The van der Waals surface area contributed by atoms with Crippen LogP contribution in [0.25, 0.3) is 0 Å². The molecule has 1 aromatic rings. The maximum absolute atomic E-state index is 12.6. The Morgan fingerprint density at radius 3 is 2.41 bits per heavy atom. The molecule has 0 aromatic heterocycles. The van der Waals surface area contributed by atoms with Gasteiger partial charge in [0.25, 0.3) is 11.8 Å². The highest BCUT2D eigenvalue weighted by atomic mass is 35.5. The molecule has 1 N–H and O–H groups in total. The molecule has 0 bridgehead atoms. The number of rotatable bonds is 7. The monoisotopic (exact) mass is 394 g/mol. The number of esters is 1. The van der Waals surface area contributed by atoms with Crippen molar-refractivity contribution < 1.29 is 19.1 Å². The fourth-order valence-corrected chi connectivity index (χ4v) is 3.49. The van der Waals surface area contributed by atoms with Crippen LogP contribution in [0.2, 0.25) is 5.02 Å². The molecule has 2 amide bonds. The number of carbonyl (C=O) groups is 3. The maximum atomic E-state index is 12.6. The summed E-state index contributed by atoms with van der Waals surface area (Å²) in [5.74, 6) is -1.22. The van der Waals surface area contributed by atoms with Gasteiger partial charge in [0.15, 0.2) is 6.10 Å². The highest BCUT2D eigenvalue weighted by Crippen LogP contribution is 2.23. The molecule has 1 atom stereocenters. The van der Waals surface area contributed by atoms with Crippen molar-refractivity contribution in [3.8, 4) is 0 Å². The van der Waals surface area contributed by atoms with Gasteiger partial charge in [-0.25, -0.2) is 0 Å². The van der Waals surface area contributed by atoms with Crippen molar-refractivity contribution in [2.75, 3.05) is 13.1 Å². The second-order valence-corrected chi connectivity index (χ2v) is 7.17. The summed E-state index contributed by atoms with van der Waals surface area (Å²) >= 11 is 5.78. The van der Waals surface area contributed by atoms with E-state index < -0.39 is 18.0 Å². The number of amides is 2. The Hall–Kier alpha value is -2.08. The van der Waals surface area contributed by atoms with Gasteiger partial charge in [-0.05, 0) is 51.0 Å². The lowest BCUT2D eigenvalue weighted by Crippen LogP contribution is -2.47. The minimum Gasteiger partial charge on any atom is -0.451 e. The SMILES string of the molecule is CCN(C(=O)[C@@H](C)OC(=O)CNC(=O)c1ccc(Cl)cc1)C1CCCCC1. The van der Waals surface area contributed by atoms with Crippen molar-refractivity contribution in [2.45, 2.75) is 58.1 Å². The van der Waals surface area contributed by atoms with E-state index >= 15 is 0 Å². The van der Waals surface area contributed by atoms with Gasteiger partial charge in [0.1, 0.15) is 6.54 Å². The summed E-state index contributed by atoms with van der Waals surface area (Å²) in [6.07, 6.45) is 4.58. The second-order valence-electron chi connectivity index (χ2n) is 6.74. The fourth-order valence-electron chi connectivity index (χ4n) is 3.37. The molecule has 1 aromatic carbocycles. The van der Waals surface area contributed by atoms with Crippen LogP contribution < -0.4 is 5.32 Å². The van der Waals surface area contributed by atoms with Crippen molar-refractivity contribution in [2.24, 2.45) is 0 Å². The smallest absolute Gasteiger partial charge is 0.326 e. The Morgan fingerprint density at radius 2 is 1.81 bits per heavy atom. The summed E-state index contributed by atoms with van der Waals surface area (Å²) in [5.41, 5.74) is 0.394. The first-order valence-corrected chi connectivity index (χ1v) is 9.84. The molecule has 6 nitrogen and oxygen atoms in total. The number of carbonyl (C=O) groups excluding carboxylic acids is 3. The summed E-state index contributed by atoms with van der Waals surface area (Å²) in [6.45, 7) is 3.81. The first-order valence-electron chi connectivity index (χ1n) is 9.46.